The molecule has 1 unspecified atom stereocenters. The Morgan fingerprint density at radius 3 is 2.63 bits per heavy atom. The number of rotatable bonds is 8. The van der Waals surface area contributed by atoms with Crippen LogP contribution in [0, 0.1) is 11.3 Å². The van der Waals surface area contributed by atoms with Crippen LogP contribution in [0.2, 0.25) is 0 Å². The van der Waals surface area contributed by atoms with Gasteiger partial charge in [-0.25, -0.2) is 0 Å². The van der Waals surface area contributed by atoms with Crippen molar-refractivity contribution in [2.24, 2.45) is 0 Å². The summed E-state index contributed by atoms with van der Waals surface area (Å²) in [5, 5.41) is 18.2. The van der Waals surface area contributed by atoms with Crippen molar-refractivity contribution in [3.8, 4) is 11.8 Å². The van der Waals surface area contributed by atoms with Gasteiger partial charge in [0.05, 0.1) is 39.0 Å². The standard InChI is InChI=1S/C14H20N2O3/c1-16(8-7-15)9-13(17)11-19-10-12-3-5-14(18-2)6-4-12/h3-6,13,17H,8-11H2,1-2H3. The quantitative estimate of drug-likeness (QED) is 0.710. The van der Waals surface area contributed by atoms with Crippen molar-refractivity contribution in [2.75, 3.05) is 33.9 Å². The molecule has 0 radical (unpaired) electrons. The summed E-state index contributed by atoms with van der Waals surface area (Å²) in [5.74, 6) is 0.807. The van der Waals surface area contributed by atoms with Crippen LogP contribution in [0.3, 0.4) is 0 Å². The van der Waals surface area contributed by atoms with Gasteiger partial charge in [-0.3, -0.25) is 4.90 Å². The fourth-order valence-electron chi connectivity index (χ4n) is 1.63. The Hall–Kier alpha value is -1.61. The van der Waals surface area contributed by atoms with E-state index in [0.29, 0.717) is 19.7 Å². The van der Waals surface area contributed by atoms with Gasteiger partial charge in [-0.1, -0.05) is 12.1 Å². The van der Waals surface area contributed by atoms with E-state index in [4.69, 9.17) is 14.7 Å². The van der Waals surface area contributed by atoms with Crippen molar-refractivity contribution >= 4 is 0 Å². The molecule has 0 aliphatic carbocycles. The van der Waals surface area contributed by atoms with Crippen LogP contribution in [-0.4, -0.2) is 50.0 Å². The molecule has 0 heterocycles. The van der Waals surface area contributed by atoms with Gasteiger partial charge in [0.2, 0.25) is 0 Å². The van der Waals surface area contributed by atoms with Gasteiger partial charge in [0.25, 0.3) is 0 Å². The molecular weight excluding hydrogens is 244 g/mol. The minimum Gasteiger partial charge on any atom is -0.497 e. The van der Waals surface area contributed by atoms with Gasteiger partial charge < -0.3 is 14.6 Å². The zero-order chi connectivity index (χ0) is 14.1. The molecule has 5 heteroatoms. The first kappa shape index (κ1) is 15.4. The highest BCUT2D eigenvalue weighted by Crippen LogP contribution is 2.11. The monoisotopic (exact) mass is 264 g/mol. The van der Waals surface area contributed by atoms with Crippen molar-refractivity contribution in [1.82, 2.24) is 4.90 Å². The van der Waals surface area contributed by atoms with Crippen molar-refractivity contribution in [1.29, 1.82) is 5.26 Å². The van der Waals surface area contributed by atoms with Crippen molar-refractivity contribution in [3.63, 3.8) is 0 Å². The van der Waals surface area contributed by atoms with Gasteiger partial charge in [-0.15, -0.1) is 0 Å². The number of aliphatic hydroxyl groups excluding tert-OH is 1. The van der Waals surface area contributed by atoms with E-state index in [1.54, 1.807) is 19.1 Å². The summed E-state index contributed by atoms with van der Waals surface area (Å²) in [5.41, 5.74) is 1.03. The lowest BCUT2D eigenvalue weighted by atomic mass is 10.2. The van der Waals surface area contributed by atoms with Crippen LogP contribution in [0.25, 0.3) is 0 Å². The third-order valence-electron chi connectivity index (χ3n) is 2.60. The molecule has 1 rings (SSSR count). The smallest absolute Gasteiger partial charge is 0.118 e. The van der Waals surface area contributed by atoms with Crippen LogP contribution in [0.1, 0.15) is 5.56 Å². The van der Waals surface area contributed by atoms with Crippen LogP contribution in [-0.2, 0) is 11.3 Å². The number of hydrogen-bond acceptors (Lipinski definition) is 5. The molecule has 0 aliphatic heterocycles. The Bertz CT molecular complexity index is 400. The fourth-order valence-corrected chi connectivity index (χ4v) is 1.63. The molecule has 19 heavy (non-hydrogen) atoms. The average Bonchev–Trinajstić information content (AvgIpc) is 2.39. The Labute approximate surface area is 114 Å². The maximum absolute atomic E-state index is 9.71. The number of methoxy groups -OCH3 is 1. The van der Waals surface area contributed by atoms with E-state index in [9.17, 15) is 5.11 Å². The molecule has 1 atom stereocenters. The summed E-state index contributed by atoms with van der Waals surface area (Å²) >= 11 is 0. The van der Waals surface area contributed by atoms with E-state index in [0.717, 1.165) is 11.3 Å². The summed E-state index contributed by atoms with van der Waals surface area (Å²) in [6, 6.07) is 9.62. The van der Waals surface area contributed by atoms with E-state index in [2.05, 4.69) is 0 Å². The third kappa shape index (κ3) is 6.20. The zero-order valence-corrected chi connectivity index (χ0v) is 11.4. The molecule has 104 valence electrons. The molecule has 5 nitrogen and oxygen atoms in total. The summed E-state index contributed by atoms with van der Waals surface area (Å²) in [4.78, 5) is 1.75. The van der Waals surface area contributed by atoms with E-state index >= 15 is 0 Å². The SMILES string of the molecule is COc1ccc(COCC(O)CN(C)CC#N)cc1. The van der Waals surface area contributed by atoms with Crippen LogP contribution >= 0.6 is 0 Å². The van der Waals surface area contributed by atoms with Crippen molar-refractivity contribution < 1.29 is 14.6 Å². The number of hydrogen-bond donors (Lipinski definition) is 1. The molecule has 0 spiro atoms. The Balaban J connectivity index is 2.23. The molecule has 0 aromatic heterocycles. The number of aliphatic hydroxyl groups is 1. The van der Waals surface area contributed by atoms with Crippen LogP contribution < -0.4 is 4.74 Å². The fraction of sp³-hybridized carbons (Fsp3) is 0.500. The second-order valence-corrected chi connectivity index (χ2v) is 4.37. The first-order chi connectivity index (χ1) is 9.15. The Morgan fingerprint density at radius 2 is 2.05 bits per heavy atom. The van der Waals surface area contributed by atoms with Crippen LogP contribution in [0.5, 0.6) is 5.75 Å². The van der Waals surface area contributed by atoms with E-state index in [-0.39, 0.29) is 6.61 Å². The van der Waals surface area contributed by atoms with E-state index in [1.165, 1.54) is 0 Å². The molecule has 1 aromatic carbocycles. The first-order valence-corrected chi connectivity index (χ1v) is 6.10. The lowest BCUT2D eigenvalue weighted by molar-refractivity contribution is 0.0153. The van der Waals surface area contributed by atoms with Crippen LogP contribution in [0.15, 0.2) is 24.3 Å². The summed E-state index contributed by atoms with van der Waals surface area (Å²) < 4.78 is 10.5. The molecule has 0 bridgehead atoms. The number of nitriles is 1. The lowest BCUT2D eigenvalue weighted by Gasteiger charge is -2.17. The molecule has 0 saturated heterocycles. The largest absolute Gasteiger partial charge is 0.497 e. The van der Waals surface area contributed by atoms with E-state index in [1.807, 2.05) is 30.3 Å². The predicted octanol–water partition coefficient (Wildman–Crippen LogP) is 1.03. The molecule has 0 aliphatic rings. The van der Waals surface area contributed by atoms with Gasteiger partial charge >= 0.3 is 0 Å². The first-order valence-electron chi connectivity index (χ1n) is 6.10. The second-order valence-electron chi connectivity index (χ2n) is 4.37. The minimum atomic E-state index is -0.586. The zero-order valence-electron chi connectivity index (χ0n) is 11.4. The summed E-state index contributed by atoms with van der Waals surface area (Å²) in [6.45, 7) is 1.43. The van der Waals surface area contributed by atoms with Crippen molar-refractivity contribution in [3.05, 3.63) is 29.8 Å². The Kier molecular flexibility index (Phi) is 6.90. The normalized spacial score (nSPS) is 12.2. The topological polar surface area (TPSA) is 65.7 Å². The number of ether oxygens (including phenoxy) is 2. The molecule has 0 saturated carbocycles. The molecular formula is C14H20N2O3. The maximum Gasteiger partial charge on any atom is 0.118 e. The molecule has 1 N–H and O–H groups in total. The molecule has 0 amide bonds. The van der Waals surface area contributed by atoms with Gasteiger partial charge in [0.1, 0.15) is 5.75 Å². The second kappa shape index (κ2) is 8.48. The Morgan fingerprint density at radius 1 is 1.37 bits per heavy atom. The predicted molar refractivity (Wildman–Crippen MR) is 71.8 cm³/mol. The van der Waals surface area contributed by atoms with Gasteiger partial charge in [0, 0.05) is 6.54 Å². The maximum atomic E-state index is 9.71. The third-order valence-corrected chi connectivity index (χ3v) is 2.60. The van der Waals surface area contributed by atoms with E-state index < -0.39 is 6.10 Å². The van der Waals surface area contributed by atoms with Gasteiger partial charge in [0.15, 0.2) is 0 Å². The minimum absolute atomic E-state index is 0.252. The van der Waals surface area contributed by atoms with Gasteiger partial charge in [-0.05, 0) is 24.7 Å². The van der Waals surface area contributed by atoms with Crippen LogP contribution in [0.4, 0.5) is 0 Å². The average molecular weight is 264 g/mol. The highest BCUT2D eigenvalue weighted by molar-refractivity contribution is 5.26. The van der Waals surface area contributed by atoms with Gasteiger partial charge in [-0.2, -0.15) is 5.26 Å². The molecule has 0 fully saturated rings. The number of benzene rings is 1. The highest BCUT2D eigenvalue weighted by Gasteiger charge is 2.08. The molecule has 1 aromatic rings. The number of nitrogens with zero attached hydrogens (tertiary/aromatic N) is 2. The summed E-state index contributed by atoms with van der Waals surface area (Å²) in [7, 11) is 3.41. The summed E-state index contributed by atoms with van der Waals surface area (Å²) in [6.07, 6.45) is -0.586. The van der Waals surface area contributed by atoms with Crippen molar-refractivity contribution in [2.45, 2.75) is 12.7 Å². The highest BCUT2D eigenvalue weighted by atomic mass is 16.5. The number of likely N-dealkylation sites (N-methyl/N-ethyl adjacent to an activating group) is 1. The lowest BCUT2D eigenvalue weighted by Crippen LogP contribution is -2.32.